The van der Waals surface area contributed by atoms with Crippen molar-refractivity contribution in [2.45, 2.75) is 0 Å². The van der Waals surface area contributed by atoms with Gasteiger partial charge < -0.3 is 9.32 Å². The third-order valence-electron chi connectivity index (χ3n) is 4.30. The van der Waals surface area contributed by atoms with Crippen LogP contribution in [-0.4, -0.2) is 7.05 Å². The molecule has 3 heteroatoms. The van der Waals surface area contributed by atoms with E-state index in [2.05, 4.69) is 0 Å². The first-order chi connectivity index (χ1) is 12.2. The van der Waals surface area contributed by atoms with Crippen LogP contribution in [0.25, 0.3) is 22.3 Å². The molecule has 0 radical (unpaired) electrons. The number of fused-ring (bicyclic) bond motifs is 1. The molecule has 0 N–H and O–H groups in total. The minimum absolute atomic E-state index is 0.0385. The topological polar surface area (TPSA) is 33.5 Å². The lowest BCUT2D eigenvalue weighted by Gasteiger charge is -2.19. The SMILES string of the molecule is CN(c1ccccc1)c1ccc2oc(-c3ccccc3)cc(=O)c2c1. The number of nitrogens with zero attached hydrogens (tertiary/aromatic N) is 1. The van der Waals surface area contributed by atoms with Crippen LogP contribution in [0.15, 0.2) is 94.1 Å². The number of benzene rings is 3. The van der Waals surface area contributed by atoms with E-state index in [-0.39, 0.29) is 5.43 Å². The van der Waals surface area contributed by atoms with Gasteiger partial charge in [-0.05, 0) is 30.3 Å². The van der Waals surface area contributed by atoms with Crippen LogP contribution in [0.4, 0.5) is 11.4 Å². The molecule has 3 aromatic carbocycles. The van der Waals surface area contributed by atoms with E-state index in [9.17, 15) is 4.79 Å². The fraction of sp³-hybridized carbons (Fsp3) is 0.0455. The Kier molecular flexibility index (Phi) is 3.82. The summed E-state index contributed by atoms with van der Waals surface area (Å²) in [5.74, 6) is 0.585. The number of para-hydroxylation sites is 1. The molecule has 0 fully saturated rings. The van der Waals surface area contributed by atoms with Crippen molar-refractivity contribution in [1.29, 1.82) is 0 Å². The highest BCUT2D eigenvalue weighted by Crippen LogP contribution is 2.28. The molecule has 0 aliphatic heterocycles. The van der Waals surface area contributed by atoms with Crippen LogP contribution in [0, 0.1) is 0 Å². The van der Waals surface area contributed by atoms with Gasteiger partial charge in [-0.25, -0.2) is 0 Å². The molecule has 0 saturated carbocycles. The standard InChI is InChI=1S/C22H17NO2/c1-23(17-10-6-3-7-11-17)18-12-13-21-19(14-18)20(24)15-22(25-21)16-8-4-2-5-9-16/h2-15H,1H3. The highest BCUT2D eigenvalue weighted by atomic mass is 16.3. The Morgan fingerprint density at radius 3 is 2.16 bits per heavy atom. The van der Waals surface area contributed by atoms with E-state index in [0.29, 0.717) is 16.7 Å². The summed E-state index contributed by atoms with van der Waals surface area (Å²) in [5, 5.41) is 0.583. The molecule has 4 aromatic rings. The third-order valence-corrected chi connectivity index (χ3v) is 4.30. The van der Waals surface area contributed by atoms with Crippen LogP contribution in [0.2, 0.25) is 0 Å². The minimum Gasteiger partial charge on any atom is -0.456 e. The number of hydrogen-bond donors (Lipinski definition) is 0. The molecule has 25 heavy (non-hydrogen) atoms. The van der Waals surface area contributed by atoms with Crippen LogP contribution in [0.5, 0.6) is 0 Å². The van der Waals surface area contributed by atoms with Gasteiger partial charge in [0.25, 0.3) is 0 Å². The predicted octanol–water partition coefficient (Wildman–Crippen LogP) is 5.23. The molecular formula is C22H17NO2. The first-order valence-corrected chi connectivity index (χ1v) is 8.14. The van der Waals surface area contributed by atoms with E-state index < -0.39 is 0 Å². The fourth-order valence-electron chi connectivity index (χ4n) is 2.90. The highest BCUT2D eigenvalue weighted by molar-refractivity contribution is 5.83. The second-order valence-electron chi connectivity index (χ2n) is 5.92. The fourth-order valence-corrected chi connectivity index (χ4v) is 2.90. The van der Waals surface area contributed by atoms with Crippen LogP contribution in [-0.2, 0) is 0 Å². The van der Waals surface area contributed by atoms with Crippen molar-refractivity contribution in [2.24, 2.45) is 0 Å². The van der Waals surface area contributed by atoms with Gasteiger partial charge >= 0.3 is 0 Å². The highest BCUT2D eigenvalue weighted by Gasteiger charge is 2.10. The van der Waals surface area contributed by atoms with Crippen molar-refractivity contribution in [1.82, 2.24) is 0 Å². The normalized spacial score (nSPS) is 10.8. The summed E-state index contributed by atoms with van der Waals surface area (Å²) in [6.07, 6.45) is 0. The summed E-state index contributed by atoms with van der Waals surface area (Å²) in [6.45, 7) is 0. The lowest BCUT2D eigenvalue weighted by molar-refractivity contribution is 0.619. The summed E-state index contributed by atoms with van der Waals surface area (Å²) in [4.78, 5) is 14.7. The predicted molar refractivity (Wildman–Crippen MR) is 102 cm³/mol. The van der Waals surface area contributed by atoms with Crippen molar-refractivity contribution in [3.63, 3.8) is 0 Å². The van der Waals surface area contributed by atoms with Crippen molar-refractivity contribution in [3.8, 4) is 11.3 Å². The van der Waals surface area contributed by atoms with E-state index in [1.165, 1.54) is 0 Å². The largest absolute Gasteiger partial charge is 0.456 e. The Bertz CT molecular complexity index is 1070. The van der Waals surface area contributed by atoms with Gasteiger partial charge in [-0.15, -0.1) is 0 Å². The maximum atomic E-state index is 12.6. The second-order valence-corrected chi connectivity index (χ2v) is 5.92. The molecule has 0 atom stereocenters. The molecule has 0 saturated heterocycles. The van der Waals surface area contributed by atoms with Crippen LogP contribution < -0.4 is 10.3 Å². The molecule has 1 aromatic heterocycles. The third kappa shape index (κ3) is 2.92. The van der Waals surface area contributed by atoms with Gasteiger partial charge in [-0.3, -0.25) is 4.79 Å². The van der Waals surface area contributed by atoms with Gasteiger partial charge in [-0.2, -0.15) is 0 Å². The second kappa shape index (κ2) is 6.29. The molecule has 3 nitrogen and oxygen atoms in total. The molecule has 1 heterocycles. The smallest absolute Gasteiger partial charge is 0.193 e. The van der Waals surface area contributed by atoms with Crippen molar-refractivity contribution < 1.29 is 4.42 Å². The summed E-state index contributed by atoms with van der Waals surface area (Å²) >= 11 is 0. The molecular weight excluding hydrogens is 310 g/mol. The zero-order valence-electron chi connectivity index (χ0n) is 13.8. The lowest BCUT2D eigenvalue weighted by atomic mass is 10.1. The van der Waals surface area contributed by atoms with E-state index in [1.54, 1.807) is 6.07 Å². The molecule has 0 spiro atoms. The zero-order chi connectivity index (χ0) is 17.2. The van der Waals surface area contributed by atoms with Gasteiger partial charge in [0.2, 0.25) is 0 Å². The molecule has 0 bridgehead atoms. The van der Waals surface area contributed by atoms with Gasteiger partial charge in [0.05, 0.1) is 5.39 Å². The van der Waals surface area contributed by atoms with Gasteiger partial charge in [0.1, 0.15) is 11.3 Å². The Morgan fingerprint density at radius 1 is 0.760 bits per heavy atom. The number of anilines is 2. The van der Waals surface area contributed by atoms with Crippen molar-refractivity contribution in [3.05, 3.63) is 95.2 Å². The maximum absolute atomic E-state index is 12.6. The van der Waals surface area contributed by atoms with Gasteiger partial charge in [0, 0.05) is 30.1 Å². The van der Waals surface area contributed by atoms with Gasteiger partial charge in [-0.1, -0.05) is 48.5 Å². The maximum Gasteiger partial charge on any atom is 0.193 e. The van der Waals surface area contributed by atoms with E-state index in [1.807, 2.05) is 90.8 Å². The number of rotatable bonds is 3. The summed E-state index contributed by atoms with van der Waals surface area (Å²) in [5.41, 5.74) is 3.46. The van der Waals surface area contributed by atoms with Crippen LogP contribution >= 0.6 is 0 Å². The van der Waals surface area contributed by atoms with Crippen LogP contribution in [0.3, 0.4) is 0 Å². The summed E-state index contributed by atoms with van der Waals surface area (Å²) in [6, 6.07) is 27.0. The summed E-state index contributed by atoms with van der Waals surface area (Å²) < 4.78 is 5.95. The quantitative estimate of drug-likeness (QED) is 0.517. The summed E-state index contributed by atoms with van der Waals surface area (Å²) in [7, 11) is 1.98. The first kappa shape index (κ1) is 15.2. The van der Waals surface area contributed by atoms with Gasteiger partial charge in [0.15, 0.2) is 5.43 Å². The van der Waals surface area contributed by atoms with Crippen molar-refractivity contribution in [2.75, 3.05) is 11.9 Å². The lowest BCUT2D eigenvalue weighted by Crippen LogP contribution is -2.10. The monoisotopic (exact) mass is 327 g/mol. The van der Waals surface area contributed by atoms with E-state index >= 15 is 0 Å². The molecule has 0 unspecified atom stereocenters. The Morgan fingerprint density at radius 2 is 1.44 bits per heavy atom. The van der Waals surface area contributed by atoms with E-state index in [4.69, 9.17) is 4.42 Å². The Balaban J connectivity index is 1.80. The average molecular weight is 327 g/mol. The molecule has 122 valence electrons. The zero-order valence-corrected chi connectivity index (χ0v) is 13.8. The van der Waals surface area contributed by atoms with Crippen LogP contribution in [0.1, 0.15) is 0 Å². The van der Waals surface area contributed by atoms with Crippen molar-refractivity contribution >= 4 is 22.3 Å². The Hall–Kier alpha value is -3.33. The average Bonchev–Trinajstić information content (AvgIpc) is 2.68. The first-order valence-electron chi connectivity index (χ1n) is 8.14. The number of hydrogen-bond acceptors (Lipinski definition) is 3. The minimum atomic E-state index is -0.0385. The van der Waals surface area contributed by atoms with E-state index in [0.717, 1.165) is 16.9 Å². The molecule has 4 rings (SSSR count). The molecule has 0 aliphatic rings. The molecule has 0 amide bonds. The molecule has 0 aliphatic carbocycles. The Labute approximate surface area is 145 Å².